The van der Waals surface area contributed by atoms with E-state index in [4.69, 9.17) is 21.1 Å². The lowest BCUT2D eigenvalue weighted by molar-refractivity contribution is -0.168. The van der Waals surface area contributed by atoms with Crippen molar-refractivity contribution < 1.29 is 13.7 Å². The second kappa shape index (κ2) is 10.5. The van der Waals surface area contributed by atoms with Crippen molar-refractivity contribution >= 4 is 22.4 Å². The Labute approximate surface area is 189 Å². The quantitative estimate of drug-likeness (QED) is 0.462. The van der Waals surface area contributed by atoms with Crippen LogP contribution in [0, 0.1) is 11.8 Å². The van der Waals surface area contributed by atoms with Crippen LogP contribution in [0.2, 0.25) is 0 Å². The second-order valence-electron chi connectivity index (χ2n) is 9.36. The Bertz CT molecular complexity index is 691. The Morgan fingerprint density at radius 3 is 1.83 bits per heavy atom. The van der Waals surface area contributed by atoms with E-state index < -0.39 is 15.0 Å². The van der Waals surface area contributed by atoms with Crippen LogP contribution in [0.15, 0.2) is 35.2 Å². The zero-order chi connectivity index (χ0) is 20.9. The van der Waals surface area contributed by atoms with E-state index in [0.29, 0.717) is 11.8 Å². The molecule has 1 aromatic rings. The molecule has 30 heavy (non-hydrogen) atoms. The number of fused-ring (bicyclic) bond motifs is 1. The Balaban J connectivity index is 1.36. The van der Waals surface area contributed by atoms with E-state index in [0.717, 1.165) is 50.2 Å². The Morgan fingerprint density at radius 2 is 1.27 bits per heavy atom. The summed E-state index contributed by atoms with van der Waals surface area (Å²) >= 11 is 7.10. The molecule has 4 atom stereocenters. The van der Waals surface area contributed by atoms with Gasteiger partial charge in [0.1, 0.15) is 4.21 Å². The molecule has 0 radical (unpaired) electrons. The first-order valence-electron chi connectivity index (χ1n) is 12.1. The lowest BCUT2D eigenvalue weighted by Gasteiger charge is -2.27. The molecular formula is C25H37ClO3S. The molecule has 5 heteroatoms. The Kier molecular flexibility index (Phi) is 7.94. The van der Waals surface area contributed by atoms with Gasteiger partial charge < -0.3 is 9.47 Å². The fourth-order valence-corrected chi connectivity index (χ4v) is 8.12. The predicted octanol–water partition coefficient (Wildman–Crippen LogP) is 6.80. The number of rotatable bonds is 2. The van der Waals surface area contributed by atoms with Gasteiger partial charge in [-0.25, -0.2) is 0 Å². The van der Waals surface area contributed by atoms with Gasteiger partial charge in [0.2, 0.25) is 0 Å². The predicted molar refractivity (Wildman–Crippen MR) is 123 cm³/mol. The van der Waals surface area contributed by atoms with Gasteiger partial charge in [-0.15, -0.1) is 11.6 Å². The molecule has 2 aliphatic carbocycles. The third-order valence-electron chi connectivity index (χ3n) is 7.34. The van der Waals surface area contributed by atoms with Crippen molar-refractivity contribution in [3.8, 4) is 0 Å². The average molecular weight is 453 g/mol. The molecule has 1 aromatic carbocycles. The van der Waals surface area contributed by atoms with Crippen LogP contribution >= 0.6 is 11.6 Å². The van der Waals surface area contributed by atoms with Gasteiger partial charge in [-0.1, -0.05) is 63.1 Å². The molecular weight excluding hydrogens is 416 g/mol. The zero-order valence-corrected chi connectivity index (χ0v) is 19.7. The van der Waals surface area contributed by atoms with E-state index in [1.54, 1.807) is 0 Å². The number of hydrogen-bond acceptors (Lipinski definition) is 3. The van der Waals surface area contributed by atoms with E-state index in [1.807, 2.05) is 30.3 Å². The fraction of sp³-hybridized carbons (Fsp3) is 0.760. The number of benzene rings is 1. The van der Waals surface area contributed by atoms with Crippen molar-refractivity contribution in [1.29, 1.82) is 0 Å². The summed E-state index contributed by atoms with van der Waals surface area (Å²) in [6.45, 7) is 1.50. The van der Waals surface area contributed by atoms with E-state index in [2.05, 4.69) is 0 Å². The van der Waals surface area contributed by atoms with Crippen molar-refractivity contribution in [2.75, 3.05) is 13.2 Å². The molecule has 1 aliphatic heterocycles. The lowest BCUT2D eigenvalue weighted by Crippen LogP contribution is -2.30. The first-order valence-corrected chi connectivity index (χ1v) is 13.6. The van der Waals surface area contributed by atoms with Gasteiger partial charge in [0.25, 0.3) is 0 Å². The molecule has 3 fully saturated rings. The summed E-state index contributed by atoms with van der Waals surface area (Å²) in [7, 11) is -1.13. The molecule has 4 rings (SSSR count). The summed E-state index contributed by atoms with van der Waals surface area (Å²) in [6.07, 6.45) is 15.2. The lowest BCUT2D eigenvalue weighted by atomic mass is 9.98. The largest absolute Gasteiger partial charge is 0.348 e. The monoisotopic (exact) mass is 452 g/mol. The highest BCUT2D eigenvalue weighted by molar-refractivity contribution is 7.88. The minimum Gasteiger partial charge on any atom is -0.348 e. The molecule has 168 valence electrons. The topological polar surface area (TPSA) is 35.5 Å². The van der Waals surface area contributed by atoms with E-state index in [9.17, 15) is 4.21 Å². The summed E-state index contributed by atoms with van der Waals surface area (Å²) in [5.74, 6) is 0.494. The highest BCUT2D eigenvalue weighted by Crippen LogP contribution is 2.63. The molecule has 0 N–H and O–H groups in total. The molecule has 3 nitrogen and oxygen atoms in total. The van der Waals surface area contributed by atoms with Crippen LogP contribution in [0.3, 0.4) is 0 Å². The maximum atomic E-state index is 13.3. The van der Waals surface area contributed by atoms with Gasteiger partial charge in [0.15, 0.2) is 5.79 Å². The zero-order valence-electron chi connectivity index (χ0n) is 18.2. The molecule has 0 aromatic heterocycles. The molecule has 1 saturated heterocycles. The van der Waals surface area contributed by atoms with E-state index in [1.165, 1.54) is 51.4 Å². The number of ether oxygens (including phenoxy) is 2. The summed E-state index contributed by atoms with van der Waals surface area (Å²) in [5, 5.41) is 0. The van der Waals surface area contributed by atoms with Crippen LogP contribution in [-0.2, 0) is 20.3 Å². The summed E-state index contributed by atoms with van der Waals surface area (Å²) < 4.78 is 24.8. The van der Waals surface area contributed by atoms with Gasteiger partial charge in [-0.3, -0.25) is 4.21 Å². The normalized spacial score (nSPS) is 34.3. The van der Waals surface area contributed by atoms with Crippen LogP contribution < -0.4 is 0 Å². The Hall–Kier alpha value is -0.420. The van der Waals surface area contributed by atoms with Gasteiger partial charge in [0, 0.05) is 17.7 Å². The molecule has 4 unspecified atom stereocenters. The highest BCUT2D eigenvalue weighted by Gasteiger charge is 2.66. The van der Waals surface area contributed by atoms with Gasteiger partial charge in [-0.2, -0.15) is 0 Å². The molecule has 1 spiro atoms. The molecule has 0 bridgehead atoms. The molecule has 3 aliphatic rings. The minimum atomic E-state index is -1.13. The second-order valence-corrected chi connectivity index (χ2v) is 11.9. The molecule has 1 heterocycles. The van der Waals surface area contributed by atoms with Gasteiger partial charge in [0.05, 0.1) is 24.0 Å². The van der Waals surface area contributed by atoms with Crippen molar-refractivity contribution in [3.05, 3.63) is 30.3 Å². The van der Waals surface area contributed by atoms with E-state index >= 15 is 0 Å². The molecule has 0 amide bonds. The van der Waals surface area contributed by atoms with Crippen molar-refractivity contribution in [1.82, 2.24) is 0 Å². The standard InChI is InChI=1S/C25H37ClO3S/c26-25(30(27)21-13-7-6-8-14-21)22-15-9-2-1-4-11-17-24(28-19-20-29-24)18-12-5-3-10-16-23(22)25/h6-8,13-14,22-23H,1-5,9-12,15-20H2. The van der Waals surface area contributed by atoms with Crippen molar-refractivity contribution in [2.24, 2.45) is 11.8 Å². The average Bonchev–Trinajstić information content (AvgIpc) is 3.10. The maximum absolute atomic E-state index is 13.3. The molecule has 2 saturated carbocycles. The van der Waals surface area contributed by atoms with Crippen LogP contribution in [0.5, 0.6) is 0 Å². The number of hydrogen-bond donors (Lipinski definition) is 0. The third-order valence-corrected chi connectivity index (χ3v) is 10.2. The first-order chi connectivity index (χ1) is 14.7. The summed E-state index contributed by atoms with van der Waals surface area (Å²) in [4.78, 5) is 0.882. The SMILES string of the molecule is O=S(c1ccccc1)C1(Cl)C2CCCCCCCC3(CCCCCCC21)OCCO3. The fourth-order valence-electron chi connectivity index (χ4n) is 5.58. The van der Waals surface area contributed by atoms with E-state index in [-0.39, 0.29) is 5.79 Å². The highest BCUT2D eigenvalue weighted by atomic mass is 35.5. The Morgan fingerprint density at radius 1 is 0.767 bits per heavy atom. The van der Waals surface area contributed by atoms with Crippen LogP contribution in [0.1, 0.15) is 83.5 Å². The van der Waals surface area contributed by atoms with Crippen LogP contribution in [-0.4, -0.2) is 27.4 Å². The first kappa shape index (κ1) is 22.8. The van der Waals surface area contributed by atoms with Crippen LogP contribution in [0.4, 0.5) is 0 Å². The van der Waals surface area contributed by atoms with Crippen LogP contribution in [0.25, 0.3) is 0 Å². The summed E-state index contributed by atoms with van der Waals surface area (Å²) in [6, 6.07) is 9.83. The number of halogens is 1. The maximum Gasteiger partial charge on any atom is 0.168 e. The van der Waals surface area contributed by atoms with Crippen molar-refractivity contribution in [2.45, 2.75) is 98.4 Å². The summed E-state index contributed by atoms with van der Waals surface area (Å²) in [5.41, 5.74) is 0. The van der Waals surface area contributed by atoms with Gasteiger partial charge >= 0.3 is 0 Å². The smallest absolute Gasteiger partial charge is 0.168 e. The van der Waals surface area contributed by atoms with Crippen molar-refractivity contribution in [3.63, 3.8) is 0 Å². The third kappa shape index (κ3) is 5.14. The number of alkyl halides is 1. The van der Waals surface area contributed by atoms with Gasteiger partial charge in [-0.05, 0) is 49.7 Å². The minimum absolute atomic E-state index is 0.295.